The Hall–Kier alpha value is -1.30. The molecule has 0 aromatic carbocycles. The molecule has 2 rings (SSSR count). The zero-order chi connectivity index (χ0) is 14.0. The molecule has 1 heterocycles. The van der Waals surface area contributed by atoms with E-state index in [1.807, 2.05) is 4.90 Å². The van der Waals surface area contributed by atoms with E-state index in [9.17, 15) is 4.79 Å². The maximum absolute atomic E-state index is 12.9. The molecule has 1 atom stereocenters. The molecular formula is C13H24N4O2. The Morgan fingerprint density at radius 1 is 1.37 bits per heavy atom. The highest BCUT2D eigenvalue weighted by Gasteiger charge is 2.48. The molecule has 1 unspecified atom stereocenters. The maximum atomic E-state index is 12.9. The van der Waals surface area contributed by atoms with Crippen molar-refractivity contribution in [2.24, 2.45) is 16.3 Å². The third-order valence-corrected chi connectivity index (χ3v) is 4.56. The highest BCUT2D eigenvalue weighted by molar-refractivity contribution is 6.07. The molecule has 19 heavy (non-hydrogen) atoms. The van der Waals surface area contributed by atoms with E-state index in [1.165, 1.54) is 0 Å². The maximum Gasteiger partial charge on any atom is 0.236 e. The molecule has 108 valence electrons. The molecule has 2 fully saturated rings. The number of hydrogen-bond acceptors (Lipinski definition) is 4. The van der Waals surface area contributed by atoms with E-state index >= 15 is 0 Å². The van der Waals surface area contributed by atoms with Crippen LogP contribution in [0.4, 0.5) is 0 Å². The first-order valence-corrected chi connectivity index (χ1v) is 6.99. The number of amides is 1. The van der Waals surface area contributed by atoms with Gasteiger partial charge in [-0.05, 0) is 26.8 Å². The van der Waals surface area contributed by atoms with Gasteiger partial charge in [-0.2, -0.15) is 0 Å². The van der Waals surface area contributed by atoms with Crippen molar-refractivity contribution in [3.63, 3.8) is 0 Å². The van der Waals surface area contributed by atoms with Gasteiger partial charge in [0.25, 0.3) is 0 Å². The molecule has 2 aliphatic rings. The molecule has 1 aliphatic heterocycles. The number of hydrogen-bond donors (Lipinski definition) is 2. The predicted molar refractivity (Wildman–Crippen MR) is 73.0 cm³/mol. The number of carbonyl (C=O) groups is 1. The topological polar surface area (TPSA) is 82.2 Å². The standard InChI is InChI=1S/C13H24N4O2/c1-10-9-16(2)7-8-17(10)12(18)13(11(14)15-19)5-3-4-6-13/h10,19H,3-9H2,1-2H3,(H2,14,15). The van der Waals surface area contributed by atoms with Gasteiger partial charge >= 0.3 is 0 Å². The Morgan fingerprint density at radius 3 is 2.53 bits per heavy atom. The minimum atomic E-state index is -0.765. The van der Waals surface area contributed by atoms with Gasteiger partial charge in [-0.3, -0.25) is 4.79 Å². The minimum absolute atomic E-state index is 0.0425. The molecule has 0 aromatic heterocycles. The number of piperazine rings is 1. The predicted octanol–water partition coefficient (Wildman–Crippen LogP) is 0.456. The van der Waals surface area contributed by atoms with Crippen LogP contribution in [0.3, 0.4) is 0 Å². The first kappa shape index (κ1) is 14.1. The van der Waals surface area contributed by atoms with Crippen molar-refractivity contribution in [1.82, 2.24) is 9.80 Å². The van der Waals surface area contributed by atoms with Crippen LogP contribution in [0.2, 0.25) is 0 Å². The molecule has 0 spiro atoms. The quantitative estimate of drug-likeness (QED) is 0.330. The molecule has 0 aromatic rings. The van der Waals surface area contributed by atoms with Gasteiger partial charge in [-0.25, -0.2) is 0 Å². The van der Waals surface area contributed by atoms with Crippen LogP contribution in [0, 0.1) is 5.41 Å². The van der Waals surface area contributed by atoms with E-state index < -0.39 is 5.41 Å². The van der Waals surface area contributed by atoms with Gasteiger partial charge in [0.15, 0.2) is 5.84 Å². The number of amidine groups is 1. The molecule has 1 saturated heterocycles. The van der Waals surface area contributed by atoms with Gasteiger partial charge in [0.1, 0.15) is 5.41 Å². The molecule has 3 N–H and O–H groups in total. The molecule has 6 heteroatoms. The van der Waals surface area contributed by atoms with E-state index in [-0.39, 0.29) is 17.8 Å². The third-order valence-electron chi connectivity index (χ3n) is 4.56. The fourth-order valence-corrected chi connectivity index (χ4v) is 3.37. The number of oxime groups is 1. The van der Waals surface area contributed by atoms with Crippen LogP contribution in [0.5, 0.6) is 0 Å². The van der Waals surface area contributed by atoms with E-state index in [0.717, 1.165) is 32.5 Å². The third kappa shape index (κ3) is 2.41. The van der Waals surface area contributed by atoms with Crippen molar-refractivity contribution in [3.8, 4) is 0 Å². The van der Waals surface area contributed by atoms with Gasteiger partial charge < -0.3 is 20.7 Å². The second kappa shape index (κ2) is 5.36. The van der Waals surface area contributed by atoms with Crippen molar-refractivity contribution in [1.29, 1.82) is 0 Å². The number of nitrogens with zero attached hydrogens (tertiary/aromatic N) is 3. The summed E-state index contributed by atoms with van der Waals surface area (Å²) in [5.41, 5.74) is 5.07. The highest BCUT2D eigenvalue weighted by atomic mass is 16.4. The van der Waals surface area contributed by atoms with Crippen molar-refractivity contribution in [3.05, 3.63) is 0 Å². The Labute approximate surface area is 114 Å². The van der Waals surface area contributed by atoms with Crippen LogP contribution < -0.4 is 5.73 Å². The van der Waals surface area contributed by atoms with Crippen LogP contribution in [-0.2, 0) is 4.79 Å². The summed E-state index contributed by atoms with van der Waals surface area (Å²) >= 11 is 0. The normalized spacial score (nSPS) is 28.6. The summed E-state index contributed by atoms with van der Waals surface area (Å²) < 4.78 is 0. The van der Waals surface area contributed by atoms with Crippen LogP contribution in [0.15, 0.2) is 5.16 Å². The average molecular weight is 268 g/mol. The van der Waals surface area contributed by atoms with Crippen LogP contribution >= 0.6 is 0 Å². The molecular weight excluding hydrogens is 244 g/mol. The first-order valence-electron chi connectivity index (χ1n) is 6.99. The number of carbonyl (C=O) groups excluding carboxylic acids is 1. The summed E-state index contributed by atoms with van der Waals surface area (Å²) in [7, 11) is 2.06. The van der Waals surface area contributed by atoms with Gasteiger partial charge in [0.2, 0.25) is 5.91 Å². The van der Waals surface area contributed by atoms with Gasteiger partial charge in [-0.1, -0.05) is 18.0 Å². The second-order valence-electron chi connectivity index (χ2n) is 5.88. The zero-order valence-electron chi connectivity index (χ0n) is 11.8. The fraction of sp³-hybridized carbons (Fsp3) is 0.846. The second-order valence-corrected chi connectivity index (χ2v) is 5.88. The molecule has 1 amide bonds. The minimum Gasteiger partial charge on any atom is -0.409 e. The summed E-state index contributed by atoms with van der Waals surface area (Å²) in [5.74, 6) is 0.127. The number of likely N-dealkylation sites (N-methyl/N-ethyl adjacent to an activating group) is 1. The van der Waals surface area contributed by atoms with E-state index in [0.29, 0.717) is 12.8 Å². The Morgan fingerprint density at radius 2 is 2.00 bits per heavy atom. The lowest BCUT2D eigenvalue weighted by Crippen LogP contribution is -2.58. The Bertz CT molecular complexity index is 377. The zero-order valence-corrected chi connectivity index (χ0v) is 11.8. The summed E-state index contributed by atoms with van der Waals surface area (Å²) in [4.78, 5) is 17.0. The monoisotopic (exact) mass is 268 g/mol. The molecule has 1 saturated carbocycles. The summed E-state index contributed by atoms with van der Waals surface area (Å²) in [5, 5.41) is 12.1. The van der Waals surface area contributed by atoms with Gasteiger partial charge in [0.05, 0.1) is 0 Å². The fourth-order valence-electron chi connectivity index (χ4n) is 3.37. The molecule has 0 bridgehead atoms. The van der Waals surface area contributed by atoms with Gasteiger partial charge in [0, 0.05) is 25.7 Å². The van der Waals surface area contributed by atoms with Crippen molar-refractivity contribution in [2.45, 2.75) is 38.6 Å². The Balaban J connectivity index is 2.21. The average Bonchev–Trinajstić information content (AvgIpc) is 2.87. The molecule has 0 radical (unpaired) electrons. The highest BCUT2D eigenvalue weighted by Crippen LogP contribution is 2.40. The van der Waals surface area contributed by atoms with Crippen LogP contribution in [0.1, 0.15) is 32.6 Å². The molecule has 1 aliphatic carbocycles. The van der Waals surface area contributed by atoms with Crippen LogP contribution in [0.25, 0.3) is 0 Å². The lowest BCUT2D eigenvalue weighted by atomic mass is 9.82. The van der Waals surface area contributed by atoms with E-state index in [4.69, 9.17) is 10.9 Å². The lowest BCUT2D eigenvalue weighted by Gasteiger charge is -2.42. The summed E-state index contributed by atoms with van der Waals surface area (Å²) in [6.07, 6.45) is 3.32. The lowest BCUT2D eigenvalue weighted by molar-refractivity contribution is -0.142. The van der Waals surface area contributed by atoms with Crippen molar-refractivity contribution in [2.75, 3.05) is 26.7 Å². The SMILES string of the molecule is CC1CN(C)CCN1C(=O)C1(C(N)=NO)CCCC1. The van der Waals surface area contributed by atoms with Crippen LogP contribution in [-0.4, -0.2) is 59.5 Å². The van der Waals surface area contributed by atoms with E-state index in [1.54, 1.807) is 0 Å². The first-order chi connectivity index (χ1) is 9.01. The van der Waals surface area contributed by atoms with Crippen molar-refractivity contribution < 1.29 is 10.0 Å². The summed E-state index contributed by atoms with van der Waals surface area (Å²) in [6.45, 7) is 4.53. The Kier molecular flexibility index (Phi) is 3.99. The van der Waals surface area contributed by atoms with Gasteiger partial charge in [-0.15, -0.1) is 0 Å². The largest absolute Gasteiger partial charge is 0.409 e. The van der Waals surface area contributed by atoms with E-state index in [2.05, 4.69) is 24.0 Å². The number of rotatable bonds is 2. The summed E-state index contributed by atoms with van der Waals surface area (Å²) in [6, 6.07) is 0.176. The number of nitrogens with two attached hydrogens (primary N) is 1. The van der Waals surface area contributed by atoms with Crippen molar-refractivity contribution >= 4 is 11.7 Å². The molecule has 6 nitrogen and oxygen atoms in total. The smallest absolute Gasteiger partial charge is 0.236 e.